The summed E-state index contributed by atoms with van der Waals surface area (Å²) in [5, 5.41) is 7.74. The van der Waals surface area contributed by atoms with Crippen molar-refractivity contribution in [2.45, 2.75) is 19.3 Å². The first kappa shape index (κ1) is 16.7. The lowest BCUT2D eigenvalue weighted by Crippen LogP contribution is -2.30. The Bertz CT molecular complexity index is 985. The van der Waals surface area contributed by atoms with Gasteiger partial charge in [-0.2, -0.15) is 0 Å². The summed E-state index contributed by atoms with van der Waals surface area (Å²) in [5.74, 6) is 1.61. The van der Waals surface area contributed by atoms with E-state index < -0.39 is 0 Å². The largest absolute Gasteiger partial charge is 0.398 e. The molecule has 0 bridgehead atoms. The molecule has 5 nitrogen and oxygen atoms in total. The molecule has 1 aromatic carbocycles. The van der Waals surface area contributed by atoms with E-state index in [1.165, 1.54) is 25.5 Å². The van der Waals surface area contributed by atoms with Gasteiger partial charge in [-0.15, -0.1) is 11.3 Å². The minimum atomic E-state index is 0.567. The summed E-state index contributed by atoms with van der Waals surface area (Å²) in [6.07, 6.45) is 6.78. The van der Waals surface area contributed by atoms with Crippen molar-refractivity contribution in [2.75, 3.05) is 23.7 Å². The molecule has 0 radical (unpaired) electrons. The van der Waals surface area contributed by atoms with Crippen LogP contribution in [-0.4, -0.2) is 29.3 Å². The molecule has 1 aliphatic heterocycles. The maximum Gasteiger partial charge on any atom is 0.162 e. The molecule has 3 heterocycles. The fourth-order valence-corrected chi connectivity index (χ4v) is 4.38. The maximum atomic E-state index is 7.74. The quantitative estimate of drug-likeness (QED) is 0.526. The normalized spacial score (nSPS) is 14.5. The Morgan fingerprint density at radius 2 is 2.00 bits per heavy atom. The van der Waals surface area contributed by atoms with Crippen LogP contribution < -0.4 is 10.6 Å². The molecule has 0 spiro atoms. The molecule has 3 N–H and O–H groups in total. The lowest BCUT2D eigenvalue weighted by molar-refractivity contribution is 0.575. The van der Waals surface area contributed by atoms with Gasteiger partial charge >= 0.3 is 0 Å². The number of fused-ring (bicyclic) bond motifs is 1. The van der Waals surface area contributed by atoms with Crippen LogP contribution in [0.2, 0.25) is 0 Å². The molecule has 6 heteroatoms. The number of benzene rings is 1. The summed E-state index contributed by atoms with van der Waals surface area (Å²) in [5.41, 5.74) is 9.01. The number of thiophene rings is 1. The molecule has 3 aromatic rings. The smallest absolute Gasteiger partial charge is 0.162 e. The predicted molar refractivity (Wildman–Crippen MR) is 111 cm³/mol. The van der Waals surface area contributed by atoms with E-state index in [0.29, 0.717) is 17.1 Å². The van der Waals surface area contributed by atoms with Crippen LogP contribution in [0.4, 0.5) is 11.5 Å². The Morgan fingerprint density at radius 1 is 1.19 bits per heavy atom. The van der Waals surface area contributed by atoms with Crippen LogP contribution in [0.25, 0.3) is 27.7 Å². The first-order chi connectivity index (χ1) is 12.7. The number of hydrogen-bond acceptors (Lipinski definition) is 6. The van der Waals surface area contributed by atoms with Crippen molar-refractivity contribution in [1.29, 1.82) is 5.41 Å². The minimum absolute atomic E-state index is 0.567. The van der Waals surface area contributed by atoms with E-state index in [1.807, 2.05) is 18.2 Å². The monoisotopic (exact) mass is 363 g/mol. The van der Waals surface area contributed by atoms with Crippen molar-refractivity contribution in [1.82, 2.24) is 9.97 Å². The van der Waals surface area contributed by atoms with Crippen molar-refractivity contribution in [3.05, 3.63) is 41.3 Å². The van der Waals surface area contributed by atoms with Gasteiger partial charge in [-0.3, -0.25) is 0 Å². The zero-order valence-electron chi connectivity index (χ0n) is 14.5. The van der Waals surface area contributed by atoms with Gasteiger partial charge in [-0.25, -0.2) is 9.97 Å². The van der Waals surface area contributed by atoms with Gasteiger partial charge in [0.1, 0.15) is 0 Å². The Hall–Kier alpha value is -2.73. The van der Waals surface area contributed by atoms with Crippen molar-refractivity contribution in [3.8, 4) is 11.4 Å². The number of aromatic nitrogens is 2. The van der Waals surface area contributed by atoms with E-state index in [-0.39, 0.29) is 0 Å². The topological polar surface area (TPSA) is 78.9 Å². The van der Waals surface area contributed by atoms with E-state index in [9.17, 15) is 0 Å². The molecule has 0 unspecified atom stereocenters. The van der Waals surface area contributed by atoms with Crippen LogP contribution in [0.15, 0.2) is 30.8 Å². The molecule has 4 rings (SSSR count). The summed E-state index contributed by atoms with van der Waals surface area (Å²) < 4.78 is 1.10. The number of nitrogens with zero attached hydrogens (tertiary/aromatic N) is 3. The highest BCUT2D eigenvalue weighted by Gasteiger charge is 2.20. The summed E-state index contributed by atoms with van der Waals surface area (Å²) in [6.45, 7) is 5.92. The highest BCUT2D eigenvalue weighted by molar-refractivity contribution is 7.20. The summed E-state index contributed by atoms with van der Waals surface area (Å²) >= 11 is 1.68. The summed E-state index contributed by atoms with van der Waals surface area (Å²) in [6, 6.07) is 7.67. The number of nitrogens with one attached hydrogen (secondary N) is 1. The average molecular weight is 363 g/mol. The van der Waals surface area contributed by atoms with Crippen LogP contribution in [-0.2, 0) is 0 Å². The number of rotatable bonds is 4. The van der Waals surface area contributed by atoms with Gasteiger partial charge in [0.2, 0.25) is 0 Å². The van der Waals surface area contributed by atoms with Crippen molar-refractivity contribution in [2.24, 2.45) is 0 Å². The van der Waals surface area contributed by atoms with Gasteiger partial charge in [0.15, 0.2) is 11.6 Å². The highest BCUT2D eigenvalue weighted by atomic mass is 32.1. The van der Waals surface area contributed by atoms with Gasteiger partial charge in [-0.05, 0) is 31.4 Å². The number of nitrogen functional groups attached to an aromatic ring is 1. The maximum absolute atomic E-state index is 7.74. The fourth-order valence-electron chi connectivity index (χ4n) is 3.41. The lowest BCUT2D eigenvalue weighted by Gasteiger charge is -2.28. The van der Waals surface area contributed by atoms with Crippen LogP contribution in [0.3, 0.4) is 0 Å². The van der Waals surface area contributed by atoms with Gasteiger partial charge in [-0.1, -0.05) is 24.8 Å². The van der Waals surface area contributed by atoms with E-state index in [2.05, 4.69) is 17.5 Å². The fraction of sp³-hybridized carbons (Fsp3) is 0.250. The Labute approximate surface area is 156 Å². The van der Waals surface area contributed by atoms with Crippen molar-refractivity contribution < 1.29 is 0 Å². The Morgan fingerprint density at radius 3 is 2.73 bits per heavy atom. The van der Waals surface area contributed by atoms with E-state index in [1.54, 1.807) is 17.4 Å². The molecule has 132 valence electrons. The third-order valence-corrected chi connectivity index (χ3v) is 5.87. The Balaban J connectivity index is 1.95. The van der Waals surface area contributed by atoms with Gasteiger partial charge in [0.25, 0.3) is 0 Å². The molecule has 0 saturated carbocycles. The molecular formula is C20H21N5S. The number of nitrogens with two attached hydrogens (primary N) is 1. The zero-order valence-corrected chi connectivity index (χ0v) is 15.4. The zero-order chi connectivity index (χ0) is 18.1. The van der Waals surface area contributed by atoms with Crippen LogP contribution in [0.5, 0.6) is 0 Å². The van der Waals surface area contributed by atoms with E-state index >= 15 is 0 Å². The molecule has 0 atom stereocenters. The molecule has 2 aromatic heterocycles. The minimum Gasteiger partial charge on any atom is -0.398 e. The summed E-state index contributed by atoms with van der Waals surface area (Å²) in [7, 11) is 0. The predicted octanol–water partition coefficient (Wildman–Crippen LogP) is 4.57. The third kappa shape index (κ3) is 2.86. The van der Waals surface area contributed by atoms with Gasteiger partial charge in [0.05, 0.1) is 10.2 Å². The number of piperidine rings is 1. The average Bonchev–Trinajstić information content (AvgIpc) is 3.11. The summed E-state index contributed by atoms with van der Waals surface area (Å²) in [4.78, 5) is 13.2. The van der Waals surface area contributed by atoms with E-state index in [0.717, 1.165) is 39.6 Å². The third-order valence-electron chi connectivity index (χ3n) is 4.75. The SMILES string of the molecule is C=Cc1cc2nc(-c3cccc(N)c3C=N)nc(N3CCCCC3)c2s1. The van der Waals surface area contributed by atoms with Crippen LogP contribution in [0.1, 0.15) is 29.7 Å². The molecule has 1 aliphatic rings. The second kappa shape index (κ2) is 6.88. The molecule has 1 saturated heterocycles. The first-order valence-corrected chi connectivity index (χ1v) is 9.61. The van der Waals surface area contributed by atoms with Crippen molar-refractivity contribution >= 4 is 45.3 Å². The van der Waals surface area contributed by atoms with Gasteiger partial charge < -0.3 is 16.0 Å². The molecule has 26 heavy (non-hydrogen) atoms. The standard InChI is InChI=1S/C20H21N5S/c1-2-13-11-17-18(26-13)20(25-9-4-3-5-10-25)24-19(23-17)14-7-6-8-16(22)15(14)12-21/h2,6-8,11-12,21H,1,3-5,9-10,22H2. The second-order valence-corrected chi connectivity index (χ2v) is 7.52. The van der Waals surface area contributed by atoms with Gasteiger partial charge in [0, 0.05) is 41.0 Å². The second-order valence-electron chi connectivity index (χ2n) is 6.44. The lowest BCUT2D eigenvalue weighted by atomic mass is 10.1. The van der Waals surface area contributed by atoms with Crippen LogP contribution in [0, 0.1) is 5.41 Å². The number of anilines is 2. The molecule has 0 aliphatic carbocycles. The molecular weight excluding hydrogens is 342 g/mol. The van der Waals surface area contributed by atoms with E-state index in [4.69, 9.17) is 21.1 Å². The Kier molecular flexibility index (Phi) is 4.42. The molecule has 1 fully saturated rings. The highest BCUT2D eigenvalue weighted by Crippen LogP contribution is 2.36. The molecule has 0 amide bonds. The van der Waals surface area contributed by atoms with Crippen molar-refractivity contribution in [3.63, 3.8) is 0 Å². The van der Waals surface area contributed by atoms with Crippen LogP contribution >= 0.6 is 11.3 Å². The number of hydrogen-bond donors (Lipinski definition) is 2. The first-order valence-electron chi connectivity index (χ1n) is 8.79.